The number of aliphatic hydroxyl groups excluding tert-OH is 1. The minimum absolute atomic E-state index is 0.0459. The predicted octanol–water partition coefficient (Wildman–Crippen LogP) is -0.957. The van der Waals surface area contributed by atoms with Gasteiger partial charge in [-0.05, 0) is 12.1 Å². The van der Waals surface area contributed by atoms with Crippen LogP contribution in [0.15, 0.2) is 24.3 Å². The summed E-state index contributed by atoms with van der Waals surface area (Å²) < 4.78 is 17.4. The fraction of sp³-hybridized carbons (Fsp3) is 0.400. The van der Waals surface area contributed by atoms with Gasteiger partial charge < -0.3 is 25.2 Å². The number of rotatable bonds is 1. The van der Waals surface area contributed by atoms with Crippen LogP contribution in [-0.2, 0) is 10.5 Å². The van der Waals surface area contributed by atoms with Crippen molar-refractivity contribution in [1.82, 2.24) is 0 Å². The Morgan fingerprint density at radius 1 is 1.19 bits per heavy atom. The quantitative estimate of drug-likeness (QED) is 0.467. The molecule has 5 nitrogen and oxygen atoms in total. The Labute approximate surface area is 90.3 Å². The normalized spacial score (nSPS) is 32.9. The lowest BCUT2D eigenvalue weighted by atomic mass is 9.95. The summed E-state index contributed by atoms with van der Waals surface area (Å²) in [5.41, 5.74) is -0.0459. The van der Waals surface area contributed by atoms with Crippen molar-refractivity contribution in [1.29, 1.82) is 0 Å². The fourth-order valence-corrected chi connectivity index (χ4v) is 1.62. The molecule has 0 saturated carbocycles. The van der Waals surface area contributed by atoms with E-state index in [1.54, 1.807) is 0 Å². The van der Waals surface area contributed by atoms with Crippen LogP contribution in [0.4, 0.5) is 4.39 Å². The minimum Gasteiger partial charge on any atom is -0.385 e. The van der Waals surface area contributed by atoms with Crippen LogP contribution in [0.25, 0.3) is 0 Å². The second-order valence-corrected chi connectivity index (χ2v) is 3.70. The molecule has 2 rings (SSSR count). The number of hydrogen-bond donors (Lipinski definition) is 4. The van der Waals surface area contributed by atoms with E-state index in [9.17, 15) is 24.8 Å². The van der Waals surface area contributed by atoms with Crippen molar-refractivity contribution >= 4 is 0 Å². The molecular weight excluding hydrogens is 219 g/mol. The Hall–Kier alpha value is -1.05. The zero-order chi connectivity index (χ0) is 12.0. The Bertz CT molecular complexity index is 391. The highest BCUT2D eigenvalue weighted by molar-refractivity contribution is 5.25. The first-order chi connectivity index (χ1) is 7.38. The van der Waals surface area contributed by atoms with Crippen LogP contribution in [0.3, 0.4) is 0 Å². The van der Waals surface area contributed by atoms with Crippen molar-refractivity contribution < 1.29 is 29.6 Å². The van der Waals surface area contributed by atoms with Gasteiger partial charge in [0.2, 0.25) is 0 Å². The summed E-state index contributed by atoms with van der Waals surface area (Å²) in [6.07, 6.45) is -1.64. The molecule has 1 aliphatic heterocycles. The van der Waals surface area contributed by atoms with Crippen LogP contribution in [0, 0.1) is 5.82 Å². The first-order valence-electron chi connectivity index (χ1n) is 4.63. The smallest absolute Gasteiger partial charge is 0.252 e. The van der Waals surface area contributed by atoms with Gasteiger partial charge in [-0.3, -0.25) is 0 Å². The molecule has 1 saturated heterocycles. The maximum absolute atomic E-state index is 12.7. The van der Waals surface area contributed by atoms with Crippen molar-refractivity contribution in [3.63, 3.8) is 0 Å². The van der Waals surface area contributed by atoms with E-state index in [0.717, 1.165) is 24.3 Å². The monoisotopic (exact) mass is 230 g/mol. The number of hydrogen-bond acceptors (Lipinski definition) is 5. The van der Waals surface area contributed by atoms with E-state index in [0.29, 0.717) is 0 Å². The van der Waals surface area contributed by atoms with Gasteiger partial charge in [0, 0.05) is 5.56 Å². The third kappa shape index (κ3) is 1.43. The van der Waals surface area contributed by atoms with E-state index in [4.69, 9.17) is 4.74 Å². The van der Waals surface area contributed by atoms with Gasteiger partial charge in [0.15, 0.2) is 0 Å². The zero-order valence-electron chi connectivity index (χ0n) is 8.17. The first kappa shape index (κ1) is 11.4. The average Bonchev–Trinajstić information content (AvgIpc) is 2.44. The largest absolute Gasteiger partial charge is 0.385 e. The Morgan fingerprint density at radius 3 is 2.19 bits per heavy atom. The highest BCUT2D eigenvalue weighted by Gasteiger charge is 2.61. The molecular formula is C10H11FO5. The first-order valence-corrected chi connectivity index (χ1v) is 4.63. The molecule has 4 N–H and O–H groups in total. The lowest BCUT2D eigenvalue weighted by Gasteiger charge is -2.33. The van der Waals surface area contributed by atoms with Gasteiger partial charge >= 0.3 is 0 Å². The van der Waals surface area contributed by atoms with E-state index in [-0.39, 0.29) is 5.56 Å². The molecule has 1 aliphatic rings. The molecule has 0 amide bonds. The average molecular weight is 230 g/mol. The molecule has 88 valence electrons. The van der Waals surface area contributed by atoms with Crippen LogP contribution in [-0.4, -0.2) is 38.9 Å². The van der Waals surface area contributed by atoms with Gasteiger partial charge in [-0.25, -0.2) is 4.39 Å². The number of aliphatic hydroxyl groups is 4. The molecule has 2 atom stereocenters. The topological polar surface area (TPSA) is 90.2 Å². The maximum Gasteiger partial charge on any atom is 0.252 e. The standard InChI is InChI=1S/C10H11FO5/c11-7-3-1-6(2-4-7)10(15)9(13,14)8(12)5-16-10/h1-4,8,12-15H,5H2. The minimum atomic E-state index is -2.83. The molecule has 0 aromatic heterocycles. The summed E-state index contributed by atoms with van der Waals surface area (Å²) in [6, 6.07) is 4.37. The highest BCUT2D eigenvalue weighted by atomic mass is 19.1. The molecule has 1 heterocycles. The van der Waals surface area contributed by atoms with E-state index < -0.39 is 30.1 Å². The summed E-state index contributed by atoms with van der Waals surface area (Å²) in [7, 11) is 0. The molecule has 0 aliphatic carbocycles. The summed E-state index contributed by atoms with van der Waals surface area (Å²) in [4.78, 5) is 0. The number of ether oxygens (including phenoxy) is 1. The second kappa shape index (κ2) is 3.47. The number of halogens is 1. The van der Waals surface area contributed by atoms with E-state index in [2.05, 4.69) is 0 Å². The van der Waals surface area contributed by atoms with Crippen molar-refractivity contribution in [3.05, 3.63) is 35.6 Å². The maximum atomic E-state index is 12.7. The van der Waals surface area contributed by atoms with Crippen molar-refractivity contribution in [2.75, 3.05) is 6.61 Å². The summed E-state index contributed by atoms with van der Waals surface area (Å²) in [5, 5.41) is 38.3. The van der Waals surface area contributed by atoms with E-state index in [1.807, 2.05) is 0 Å². The molecule has 1 aromatic carbocycles. The molecule has 2 unspecified atom stereocenters. The van der Waals surface area contributed by atoms with Crippen LogP contribution >= 0.6 is 0 Å². The van der Waals surface area contributed by atoms with Gasteiger partial charge in [-0.15, -0.1) is 0 Å². The van der Waals surface area contributed by atoms with Gasteiger partial charge in [-0.2, -0.15) is 0 Å². The molecule has 0 bridgehead atoms. The van der Waals surface area contributed by atoms with Crippen molar-refractivity contribution in [3.8, 4) is 0 Å². The second-order valence-electron chi connectivity index (χ2n) is 3.70. The number of benzene rings is 1. The molecule has 0 radical (unpaired) electrons. The van der Waals surface area contributed by atoms with Gasteiger partial charge in [0.25, 0.3) is 11.6 Å². The lowest BCUT2D eigenvalue weighted by Crippen LogP contribution is -2.54. The highest BCUT2D eigenvalue weighted by Crippen LogP contribution is 2.40. The van der Waals surface area contributed by atoms with Crippen LogP contribution < -0.4 is 0 Å². The molecule has 0 spiro atoms. The molecule has 1 aromatic rings. The Kier molecular flexibility index (Phi) is 2.48. The van der Waals surface area contributed by atoms with Crippen molar-refractivity contribution in [2.24, 2.45) is 0 Å². The van der Waals surface area contributed by atoms with E-state index >= 15 is 0 Å². The SMILES string of the molecule is OC1COC(O)(c2ccc(F)cc2)C1(O)O. The summed E-state index contributed by atoms with van der Waals surface area (Å²) in [6.45, 7) is -0.430. The van der Waals surface area contributed by atoms with Gasteiger partial charge in [-0.1, -0.05) is 12.1 Å². The third-order valence-corrected chi connectivity index (χ3v) is 2.65. The van der Waals surface area contributed by atoms with Crippen LogP contribution in [0.1, 0.15) is 5.56 Å². The fourth-order valence-electron chi connectivity index (χ4n) is 1.62. The zero-order valence-corrected chi connectivity index (χ0v) is 8.17. The molecule has 16 heavy (non-hydrogen) atoms. The van der Waals surface area contributed by atoms with Gasteiger partial charge in [0.1, 0.15) is 11.9 Å². The van der Waals surface area contributed by atoms with Crippen molar-refractivity contribution in [2.45, 2.75) is 17.7 Å². The third-order valence-electron chi connectivity index (χ3n) is 2.65. The predicted molar refractivity (Wildman–Crippen MR) is 49.4 cm³/mol. The summed E-state index contributed by atoms with van der Waals surface area (Å²) in [5.74, 6) is -5.82. The van der Waals surface area contributed by atoms with Crippen LogP contribution in [0.5, 0.6) is 0 Å². The van der Waals surface area contributed by atoms with Gasteiger partial charge in [0.05, 0.1) is 6.61 Å². The van der Waals surface area contributed by atoms with Crippen LogP contribution in [0.2, 0.25) is 0 Å². The van der Waals surface area contributed by atoms with E-state index in [1.165, 1.54) is 0 Å². The Morgan fingerprint density at radius 2 is 1.75 bits per heavy atom. The lowest BCUT2D eigenvalue weighted by molar-refractivity contribution is -0.352. The Balaban J connectivity index is 2.43. The molecule has 1 fully saturated rings. The summed E-state index contributed by atoms with van der Waals surface area (Å²) >= 11 is 0. The molecule has 6 heteroatoms.